The van der Waals surface area contributed by atoms with Crippen molar-refractivity contribution in [1.29, 1.82) is 0 Å². The number of hydrogen-bond donors (Lipinski definition) is 0. The van der Waals surface area contributed by atoms with Crippen LogP contribution < -0.4 is 0 Å². The van der Waals surface area contributed by atoms with E-state index in [1.54, 1.807) is 13.8 Å². The molecule has 0 N–H and O–H groups in total. The molecule has 1 rings (SSSR count). The minimum atomic E-state index is -0.780. The van der Waals surface area contributed by atoms with Crippen molar-refractivity contribution in [3.05, 3.63) is 38.6 Å². The number of aryl methyl sites for hydroxylation is 1. The number of hydrogen-bond acceptors (Lipinski definition) is 2. The van der Waals surface area contributed by atoms with Gasteiger partial charge in [-0.3, -0.25) is 0 Å². The fraction of sp³-hybridized carbons (Fsp3) is 0.250. The average molecular weight is 312 g/mol. The summed E-state index contributed by atoms with van der Waals surface area (Å²) in [5, 5.41) is 0.255. The second kappa shape index (κ2) is 6.41. The molecule has 0 heterocycles. The topological polar surface area (TPSA) is 26.3 Å². The van der Waals surface area contributed by atoms with E-state index in [9.17, 15) is 9.18 Å². The van der Waals surface area contributed by atoms with Crippen molar-refractivity contribution in [2.24, 2.45) is 0 Å². The molecule has 0 unspecified atom stereocenters. The van der Waals surface area contributed by atoms with E-state index in [4.69, 9.17) is 39.5 Å². The minimum absolute atomic E-state index is 0.0321. The van der Waals surface area contributed by atoms with Gasteiger partial charge in [-0.25, -0.2) is 9.18 Å². The second-order valence-corrected chi connectivity index (χ2v) is 4.79. The molecule has 0 fully saturated rings. The number of benzene rings is 1. The van der Waals surface area contributed by atoms with Gasteiger partial charge in [0.15, 0.2) is 0 Å². The van der Waals surface area contributed by atoms with Crippen molar-refractivity contribution in [3.63, 3.8) is 0 Å². The summed E-state index contributed by atoms with van der Waals surface area (Å²) in [5.74, 6) is -1.47. The lowest BCUT2D eigenvalue weighted by atomic mass is 10.0. The maximum Gasteiger partial charge on any atom is 0.341 e. The third-order valence-electron chi connectivity index (χ3n) is 2.19. The van der Waals surface area contributed by atoms with Crippen molar-refractivity contribution < 1.29 is 13.9 Å². The molecule has 0 aliphatic heterocycles. The van der Waals surface area contributed by atoms with E-state index in [1.165, 1.54) is 6.07 Å². The molecule has 0 saturated carbocycles. The zero-order valence-electron chi connectivity index (χ0n) is 9.69. The first kappa shape index (κ1) is 15.3. The fourth-order valence-electron chi connectivity index (χ4n) is 1.34. The van der Waals surface area contributed by atoms with Crippen LogP contribution in [0, 0.1) is 12.7 Å². The zero-order valence-corrected chi connectivity index (χ0v) is 12.0. The van der Waals surface area contributed by atoms with Gasteiger partial charge in [0, 0.05) is 10.6 Å². The highest BCUT2D eigenvalue weighted by Gasteiger charge is 2.21. The first-order valence-electron chi connectivity index (χ1n) is 5.06. The summed E-state index contributed by atoms with van der Waals surface area (Å²) in [4.78, 5) is 11.7. The number of carbonyl (C=O) groups excluding carboxylic acids is 1. The summed E-state index contributed by atoms with van der Waals surface area (Å²) < 4.78 is 18.2. The van der Waals surface area contributed by atoms with E-state index in [0.29, 0.717) is 5.56 Å². The molecule has 2 nitrogen and oxygen atoms in total. The zero-order chi connectivity index (χ0) is 13.9. The summed E-state index contributed by atoms with van der Waals surface area (Å²) in [6.45, 7) is 3.44. The number of ether oxygens (including phenoxy) is 1. The van der Waals surface area contributed by atoms with Crippen molar-refractivity contribution in [1.82, 2.24) is 0 Å². The number of halogens is 4. The van der Waals surface area contributed by atoms with Crippen LogP contribution in [0.25, 0.3) is 5.57 Å². The van der Waals surface area contributed by atoms with Gasteiger partial charge in [-0.05, 0) is 31.5 Å². The largest absolute Gasteiger partial charge is 0.462 e. The van der Waals surface area contributed by atoms with E-state index in [2.05, 4.69) is 0 Å². The van der Waals surface area contributed by atoms with Gasteiger partial charge in [-0.2, -0.15) is 0 Å². The van der Waals surface area contributed by atoms with Gasteiger partial charge in [0.1, 0.15) is 10.3 Å². The molecule has 6 heteroatoms. The summed E-state index contributed by atoms with van der Waals surface area (Å²) in [6.07, 6.45) is 0. The molecular formula is C12H10Cl3FO2. The molecular weight excluding hydrogens is 301 g/mol. The molecule has 0 aliphatic rings. The predicted molar refractivity (Wildman–Crippen MR) is 71.4 cm³/mol. The molecule has 0 atom stereocenters. The quantitative estimate of drug-likeness (QED) is 0.607. The number of esters is 1. The van der Waals surface area contributed by atoms with Crippen LogP contribution in [0.5, 0.6) is 0 Å². The van der Waals surface area contributed by atoms with Crippen LogP contribution >= 0.6 is 34.8 Å². The van der Waals surface area contributed by atoms with Crippen LogP contribution in [0.15, 0.2) is 16.6 Å². The van der Waals surface area contributed by atoms with Gasteiger partial charge in [0.05, 0.1) is 12.2 Å². The van der Waals surface area contributed by atoms with Crippen molar-refractivity contribution in [2.75, 3.05) is 6.61 Å². The molecule has 0 saturated heterocycles. The molecule has 0 radical (unpaired) electrons. The average Bonchev–Trinajstić information content (AvgIpc) is 2.25. The molecule has 1 aromatic carbocycles. The van der Waals surface area contributed by atoms with Crippen molar-refractivity contribution >= 4 is 46.3 Å². The monoisotopic (exact) mass is 310 g/mol. The molecule has 18 heavy (non-hydrogen) atoms. The van der Waals surface area contributed by atoms with Gasteiger partial charge in [-0.15, -0.1) is 0 Å². The fourth-order valence-corrected chi connectivity index (χ4v) is 1.85. The van der Waals surface area contributed by atoms with Gasteiger partial charge >= 0.3 is 5.97 Å². The Hall–Kier alpha value is -0.770. The molecule has 0 spiro atoms. The van der Waals surface area contributed by atoms with Gasteiger partial charge < -0.3 is 4.74 Å². The first-order valence-corrected chi connectivity index (χ1v) is 6.20. The lowest BCUT2D eigenvalue weighted by Crippen LogP contribution is -2.09. The Labute approximate surface area is 119 Å². The van der Waals surface area contributed by atoms with Gasteiger partial charge in [0.25, 0.3) is 0 Å². The Kier molecular flexibility index (Phi) is 5.45. The van der Waals surface area contributed by atoms with E-state index in [-0.39, 0.29) is 27.3 Å². The highest BCUT2D eigenvalue weighted by atomic mass is 35.5. The molecule has 0 aromatic heterocycles. The Morgan fingerprint density at radius 2 is 2.00 bits per heavy atom. The third-order valence-corrected chi connectivity index (χ3v) is 2.97. The summed E-state index contributed by atoms with van der Waals surface area (Å²) in [7, 11) is 0. The van der Waals surface area contributed by atoms with E-state index in [1.807, 2.05) is 0 Å². The Morgan fingerprint density at radius 1 is 1.39 bits per heavy atom. The Morgan fingerprint density at radius 3 is 2.50 bits per heavy atom. The van der Waals surface area contributed by atoms with Crippen LogP contribution in [-0.2, 0) is 9.53 Å². The van der Waals surface area contributed by atoms with E-state index < -0.39 is 11.8 Å². The van der Waals surface area contributed by atoms with Crippen LogP contribution in [-0.4, -0.2) is 12.6 Å². The van der Waals surface area contributed by atoms with Crippen LogP contribution in [0.3, 0.4) is 0 Å². The molecule has 0 bridgehead atoms. The molecule has 0 amide bonds. The molecule has 1 aromatic rings. The number of carbonyl (C=O) groups is 1. The normalized spacial score (nSPS) is 10.1. The molecule has 0 aliphatic carbocycles. The number of rotatable bonds is 3. The maximum atomic E-state index is 13.8. The van der Waals surface area contributed by atoms with Crippen LogP contribution in [0.1, 0.15) is 18.1 Å². The molecule has 98 valence electrons. The highest BCUT2D eigenvalue weighted by Crippen LogP contribution is 2.30. The SMILES string of the molecule is CCOC(=O)C(=C(Cl)Cl)c1cc(C)c(Cl)cc1F. The minimum Gasteiger partial charge on any atom is -0.462 e. The van der Waals surface area contributed by atoms with Crippen LogP contribution in [0.4, 0.5) is 4.39 Å². The lowest BCUT2D eigenvalue weighted by Gasteiger charge is -2.10. The maximum absolute atomic E-state index is 13.8. The standard InChI is InChI=1S/C12H10Cl3FO2/c1-3-18-12(17)10(11(14)15)7-4-6(2)8(13)5-9(7)16/h4-5H,3H2,1-2H3. The highest BCUT2D eigenvalue weighted by molar-refractivity contribution is 6.61. The van der Waals surface area contributed by atoms with Gasteiger partial charge in [-0.1, -0.05) is 34.8 Å². The van der Waals surface area contributed by atoms with Crippen LogP contribution in [0.2, 0.25) is 5.02 Å². The second-order valence-electron chi connectivity index (χ2n) is 3.44. The van der Waals surface area contributed by atoms with E-state index >= 15 is 0 Å². The summed E-state index contributed by atoms with van der Waals surface area (Å²) >= 11 is 17.0. The van der Waals surface area contributed by atoms with E-state index in [0.717, 1.165) is 6.07 Å². The summed E-state index contributed by atoms with van der Waals surface area (Å²) in [5.41, 5.74) is 0.359. The smallest absolute Gasteiger partial charge is 0.341 e. The third kappa shape index (κ3) is 3.37. The Balaban J connectivity index is 3.37. The van der Waals surface area contributed by atoms with Crippen molar-refractivity contribution in [2.45, 2.75) is 13.8 Å². The first-order chi connectivity index (χ1) is 8.38. The predicted octanol–water partition coefficient (Wildman–Crippen LogP) is 4.50. The summed E-state index contributed by atoms with van der Waals surface area (Å²) in [6, 6.07) is 2.50. The van der Waals surface area contributed by atoms with Crippen molar-refractivity contribution in [3.8, 4) is 0 Å². The van der Waals surface area contributed by atoms with Gasteiger partial charge in [0.2, 0.25) is 0 Å². The Bertz CT molecular complexity index is 508. The lowest BCUT2D eigenvalue weighted by molar-refractivity contribution is -0.136.